The van der Waals surface area contributed by atoms with Crippen molar-refractivity contribution in [3.8, 4) is 0 Å². The third kappa shape index (κ3) is 2.22. The lowest BCUT2D eigenvalue weighted by molar-refractivity contribution is 0.602. The topological polar surface area (TPSA) is 26.0 Å². The number of nitrogens with two attached hydrogens (primary N) is 1. The van der Waals surface area contributed by atoms with E-state index in [1.54, 1.807) is 0 Å². The van der Waals surface area contributed by atoms with E-state index in [-0.39, 0.29) is 24.3 Å². The van der Waals surface area contributed by atoms with Gasteiger partial charge in [-0.1, -0.05) is 18.4 Å². The smallest absolute Gasteiger partial charge is 0.0621 e. The fraction of sp³-hybridized carbons (Fsp3) is 0.833. The molecule has 2 N–H and O–H groups in total. The average Bonchev–Trinajstić information content (AvgIpc) is 1.87. The molecule has 0 aliphatic heterocycles. The van der Waals surface area contributed by atoms with Gasteiger partial charge in [0.25, 0.3) is 0 Å². The van der Waals surface area contributed by atoms with E-state index in [0.717, 1.165) is 12.8 Å². The van der Waals surface area contributed by atoms with E-state index in [1.165, 1.54) is 0 Å². The molecule has 0 heterocycles. The van der Waals surface area contributed by atoms with E-state index in [1.807, 2.05) is 0 Å². The Bertz CT molecular complexity index is 76.6. The maximum absolute atomic E-state index is 5.88. The van der Waals surface area contributed by atoms with Crippen molar-refractivity contribution >= 4 is 25.2 Å². The first-order chi connectivity index (χ1) is 3.68. The highest BCUT2D eigenvalue weighted by molar-refractivity contribution is 14.2. The Morgan fingerprint density at radius 2 is 1.88 bits per heavy atom. The van der Waals surface area contributed by atoms with Gasteiger partial charge in [0.05, 0.1) is 3.55 Å². The highest BCUT2D eigenvalue weighted by Gasteiger charge is 2.14. The van der Waals surface area contributed by atoms with Crippen molar-refractivity contribution in [1.29, 1.82) is 0 Å². The van der Waals surface area contributed by atoms with Crippen LogP contribution in [0.15, 0.2) is 0 Å². The molecule has 0 aromatic heterocycles. The van der Waals surface area contributed by atoms with Crippen LogP contribution in [0.3, 0.4) is 0 Å². The molecule has 1 nitrogen and oxygen atoms in total. The summed E-state index contributed by atoms with van der Waals surface area (Å²) in [5.41, 5.74) is 5.88. The lowest BCUT2D eigenvalue weighted by Gasteiger charge is -2.19. The quantitative estimate of drug-likeness (QED) is 0.444. The van der Waals surface area contributed by atoms with Crippen molar-refractivity contribution in [2.24, 2.45) is 5.73 Å². The highest BCUT2D eigenvalue weighted by Crippen LogP contribution is 2.23. The lowest BCUT2D eigenvalue weighted by atomic mass is 10.2. The number of halogens is 1. The number of alkyl halides is 1. The zero-order chi connectivity index (χ0) is 6.62. The molecule has 0 unspecified atom stereocenters. The zero-order valence-electron chi connectivity index (χ0n) is 5.58. The number of rotatable bonds is 3. The van der Waals surface area contributed by atoms with Crippen LogP contribution in [0.4, 0.5) is 0 Å². The normalized spacial score (nSPS) is 11.9. The van der Waals surface area contributed by atoms with E-state index >= 15 is 0 Å². The molecule has 0 spiro atoms. The van der Waals surface area contributed by atoms with Crippen molar-refractivity contribution in [3.63, 3.8) is 0 Å². The fourth-order valence-corrected chi connectivity index (χ4v) is 1.52. The zero-order valence-corrected chi connectivity index (χ0v) is 7.73. The minimum absolute atomic E-state index is 0.0144. The van der Waals surface area contributed by atoms with Crippen molar-refractivity contribution in [2.75, 3.05) is 0 Å². The Balaban J connectivity index is 3.76. The van der Waals surface area contributed by atoms with Gasteiger partial charge in [0.2, 0.25) is 0 Å². The van der Waals surface area contributed by atoms with Crippen molar-refractivity contribution < 1.29 is 0 Å². The molecule has 0 aliphatic rings. The Hall–Kier alpha value is 0.560. The number of hydrogen-bond acceptors (Lipinski definition) is 1. The van der Waals surface area contributed by atoms with Crippen LogP contribution in [0.2, 0.25) is 0 Å². The average molecular weight is 227 g/mol. The second-order valence-corrected chi connectivity index (χ2v) is 4.79. The van der Waals surface area contributed by atoms with Crippen molar-refractivity contribution in [2.45, 2.75) is 30.2 Å². The Morgan fingerprint density at radius 3 is 1.88 bits per heavy atom. The van der Waals surface area contributed by atoms with Crippen molar-refractivity contribution in [3.05, 3.63) is 0 Å². The summed E-state index contributed by atoms with van der Waals surface area (Å²) in [5, 5.41) is 0. The SMILES string of the molecule is C=IC(N)(CC)CC. The summed E-state index contributed by atoms with van der Waals surface area (Å²) in [6, 6.07) is 0. The standard InChI is InChI=1S/C6H14IN/c1-4-6(8,5-2)7-3/h3-5,8H2,1-2H3. The van der Waals surface area contributed by atoms with Gasteiger partial charge >= 0.3 is 0 Å². The third-order valence-electron chi connectivity index (χ3n) is 1.44. The van der Waals surface area contributed by atoms with Crippen LogP contribution in [0.25, 0.3) is 0 Å². The van der Waals surface area contributed by atoms with Gasteiger partial charge in [-0.3, -0.25) is 0 Å². The first-order valence-electron chi connectivity index (χ1n) is 2.87. The Morgan fingerprint density at radius 1 is 1.50 bits per heavy atom. The minimum Gasteiger partial charge on any atom is -0.317 e. The molecule has 0 saturated carbocycles. The molecule has 0 radical (unpaired) electrons. The van der Waals surface area contributed by atoms with Crippen LogP contribution in [0.1, 0.15) is 26.7 Å². The van der Waals surface area contributed by atoms with E-state index in [2.05, 4.69) is 18.4 Å². The van der Waals surface area contributed by atoms with Crippen LogP contribution in [-0.2, 0) is 0 Å². The van der Waals surface area contributed by atoms with Gasteiger partial charge in [-0.25, -0.2) is 0 Å². The van der Waals surface area contributed by atoms with Gasteiger partial charge in [0.15, 0.2) is 0 Å². The predicted molar refractivity (Wildman–Crippen MR) is 48.6 cm³/mol. The van der Waals surface area contributed by atoms with Gasteiger partial charge in [-0.05, 0) is 12.8 Å². The molecule has 0 atom stereocenters. The van der Waals surface area contributed by atoms with Gasteiger partial charge in [-0.2, -0.15) is 0 Å². The minimum atomic E-state index is -0.0144. The summed E-state index contributed by atoms with van der Waals surface area (Å²) >= 11 is -0.0144. The molecule has 50 valence electrons. The van der Waals surface area contributed by atoms with Gasteiger partial charge in [-0.15, -0.1) is 20.7 Å². The van der Waals surface area contributed by atoms with Gasteiger partial charge < -0.3 is 5.73 Å². The van der Waals surface area contributed by atoms with Gasteiger partial charge in [0.1, 0.15) is 0 Å². The van der Waals surface area contributed by atoms with Crippen LogP contribution < -0.4 is 5.73 Å². The molecule has 0 fully saturated rings. The summed E-state index contributed by atoms with van der Waals surface area (Å²) in [6.45, 7) is 4.27. The van der Waals surface area contributed by atoms with Crippen LogP contribution in [0.5, 0.6) is 0 Å². The lowest BCUT2D eigenvalue weighted by Crippen LogP contribution is -2.30. The molecule has 0 rings (SSSR count). The first-order valence-corrected chi connectivity index (χ1v) is 5.47. The summed E-state index contributed by atoms with van der Waals surface area (Å²) in [6.07, 6.45) is 2.17. The maximum Gasteiger partial charge on any atom is 0.0621 e. The van der Waals surface area contributed by atoms with Crippen LogP contribution >= 0.6 is 20.7 Å². The van der Waals surface area contributed by atoms with E-state index in [4.69, 9.17) is 5.73 Å². The number of hydrogen-bond donors (Lipinski definition) is 1. The second kappa shape index (κ2) is 3.56. The highest BCUT2D eigenvalue weighted by atomic mass is 127. The molecule has 0 aromatic rings. The molecular formula is C6H14IN. The Kier molecular flexibility index (Phi) is 3.81. The second-order valence-electron chi connectivity index (χ2n) is 1.88. The van der Waals surface area contributed by atoms with Crippen LogP contribution in [-0.4, -0.2) is 8.06 Å². The van der Waals surface area contributed by atoms with E-state index in [9.17, 15) is 0 Å². The first kappa shape index (κ1) is 8.56. The largest absolute Gasteiger partial charge is 0.317 e. The third-order valence-corrected chi connectivity index (χ3v) is 4.49. The Labute approximate surface area is 61.4 Å². The summed E-state index contributed by atoms with van der Waals surface area (Å²) in [5.74, 6) is 0. The summed E-state index contributed by atoms with van der Waals surface area (Å²) in [4.78, 5) is 0. The molecule has 0 amide bonds. The summed E-state index contributed by atoms with van der Waals surface area (Å²) in [7, 11) is 0. The molecular weight excluding hydrogens is 213 g/mol. The van der Waals surface area contributed by atoms with E-state index in [0.29, 0.717) is 0 Å². The molecule has 8 heavy (non-hydrogen) atoms. The van der Waals surface area contributed by atoms with E-state index < -0.39 is 0 Å². The van der Waals surface area contributed by atoms with Crippen LogP contribution in [0, 0.1) is 0 Å². The molecule has 0 aliphatic carbocycles. The predicted octanol–water partition coefficient (Wildman–Crippen LogP) is 1.86. The van der Waals surface area contributed by atoms with Gasteiger partial charge in [0, 0.05) is 0 Å². The summed E-state index contributed by atoms with van der Waals surface area (Å²) < 4.78 is 4.01. The molecule has 0 saturated heterocycles. The molecule has 2 heteroatoms. The monoisotopic (exact) mass is 227 g/mol. The fourth-order valence-electron chi connectivity index (χ4n) is 0.439. The molecule has 0 aromatic carbocycles. The molecule has 0 bridgehead atoms. The maximum atomic E-state index is 5.88. The van der Waals surface area contributed by atoms with Crippen molar-refractivity contribution in [1.82, 2.24) is 0 Å².